The van der Waals surface area contributed by atoms with Gasteiger partial charge in [-0.2, -0.15) is 4.52 Å². The van der Waals surface area contributed by atoms with E-state index in [1.165, 1.54) is 0 Å². The Morgan fingerprint density at radius 2 is 2.04 bits per heavy atom. The Bertz CT molecular complexity index is 916. The molecule has 4 N–H and O–H groups in total. The highest BCUT2D eigenvalue weighted by atomic mass is 16.6. The van der Waals surface area contributed by atoms with Crippen LogP contribution in [0.5, 0.6) is 0 Å². The number of tetrazole rings is 1. The number of fused-ring (bicyclic) bond motifs is 3. The van der Waals surface area contributed by atoms with E-state index in [0.717, 1.165) is 10.9 Å². The van der Waals surface area contributed by atoms with E-state index in [2.05, 4.69) is 31.1 Å². The number of nitrogens with two attached hydrogens (primary N) is 1. The molecule has 3 rings (SSSR count). The van der Waals surface area contributed by atoms with Gasteiger partial charge in [0.2, 0.25) is 5.65 Å². The summed E-state index contributed by atoms with van der Waals surface area (Å²) in [4.78, 5) is 15.8. The van der Waals surface area contributed by atoms with E-state index in [-0.39, 0.29) is 0 Å². The van der Waals surface area contributed by atoms with Gasteiger partial charge in [0.15, 0.2) is 0 Å². The van der Waals surface area contributed by atoms with Crippen molar-refractivity contribution in [3.05, 3.63) is 18.5 Å². The highest BCUT2D eigenvalue weighted by Crippen LogP contribution is 2.31. The molecule has 0 saturated heterocycles. The quantitative estimate of drug-likeness (QED) is 0.592. The second-order valence-electron chi connectivity index (χ2n) is 6.45. The van der Waals surface area contributed by atoms with Crippen molar-refractivity contribution in [2.24, 2.45) is 0 Å². The minimum absolute atomic E-state index is 0.372. The fraction of sp³-hybridized carbons (Fsp3) is 0.471. The summed E-state index contributed by atoms with van der Waals surface area (Å²) in [7, 11) is 0. The molecule has 10 nitrogen and oxygen atoms in total. The van der Waals surface area contributed by atoms with Crippen LogP contribution in [0.3, 0.4) is 0 Å². The predicted molar refractivity (Wildman–Crippen MR) is 105 cm³/mol. The number of alkyl carbamates (subject to hydrolysis) is 1. The van der Waals surface area contributed by atoms with Crippen molar-refractivity contribution >= 4 is 34.0 Å². The summed E-state index contributed by atoms with van der Waals surface area (Å²) in [5.74, 6) is 0. The molecule has 0 aliphatic heterocycles. The topological polar surface area (TPSA) is 132 Å². The molecule has 0 aliphatic rings. The lowest BCUT2D eigenvalue weighted by atomic mass is 10.2. The van der Waals surface area contributed by atoms with Crippen LogP contribution in [0.1, 0.15) is 34.6 Å². The van der Waals surface area contributed by atoms with Gasteiger partial charge in [0, 0.05) is 24.7 Å². The first kappa shape index (κ1) is 20.1. The zero-order valence-corrected chi connectivity index (χ0v) is 16.3. The number of nitrogens with one attached hydrogen (secondary N) is 2. The van der Waals surface area contributed by atoms with E-state index in [9.17, 15) is 4.79 Å². The van der Waals surface area contributed by atoms with Crippen LogP contribution in [0.25, 0.3) is 16.6 Å². The number of nitrogens with zero attached hydrogens (tertiary/aromatic N) is 5. The summed E-state index contributed by atoms with van der Waals surface area (Å²) in [5.41, 5.74) is 7.98. The fourth-order valence-electron chi connectivity index (χ4n) is 2.40. The fourth-order valence-corrected chi connectivity index (χ4v) is 2.40. The molecular formula is C17H26N8O2. The molecule has 3 aromatic rings. The van der Waals surface area contributed by atoms with Gasteiger partial charge < -0.3 is 21.1 Å². The molecule has 0 atom stereocenters. The summed E-state index contributed by atoms with van der Waals surface area (Å²) in [6.07, 6.45) is 2.87. The Morgan fingerprint density at radius 1 is 1.30 bits per heavy atom. The van der Waals surface area contributed by atoms with Crippen molar-refractivity contribution in [1.82, 2.24) is 30.3 Å². The Kier molecular flexibility index (Phi) is 6.32. The number of anilines is 2. The first-order chi connectivity index (χ1) is 12.9. The molecule has 0 aromatic carbocycles. The van der Waals surface area contributed by atoms with Crippen LogP contribution in [0, 0.1) is 0 Å². The highest BCUT2D eigenvalue weighted by molar-refractivity contribution is 6.01. The van der Waals surface area contributed by atoms with Gasteiger partial charge in [0.1, 0.15) is 11.3 Å². The minimum atomic E-state index is -0.531. The van der Waals surface area contributed by atoms with E-state index < -0.39 is 11.7 Å². The van der Waals surface area contributed by atoms with E-state index in [1.807, 2.05) is 40.7 Å². The van der Waals surface area contributed by atoms with Gasteiger partial charge in [-0.3, -0.25) is 4.98 Å². The smallest absolute Gasteiger partial charge is 0.407 e. The summed E-state index contributed by atoms with van der Waals surface area (Å²) in [5, 5.41) is 18.3. The average molecular weight is 374 g/mol. The molecule has 0 spiro atoms. The molecule has 10 heteroatoms. The number of amides is 1. The number of hydrogen-bond acceptors (Lipinski definition) is 8. The summed E-state index contributed by atoms with van der Waals surface area (Å²) in [6.45, 7) is 10.3. The van der Waals surface area contributed by atoms with E-state index >= 15 is 0 Å². The number of aromatic nitrogens is 5. The third kappa shape index (κ3) is 4.72. The number of nitrogen functional groups attached to an aromatic ring is 1. The molecule has 0 saturated carbocycles. The lowest BCUT2D eigenvalue weighted by Gasteiger charge is -2.20. The third-order valence-electron chi connectivity index (χ3n) is 3.37. The van der Waals surface area contributed by atoms with Crippen molar-refractivity contribution in [2.75, 3.05) is 24.1 Å². The van der Waals surface area contributed by atoms with Gasteiger partial charge in [0.25, 0.3) is 0 Å². The zero-order valence-electron chi connectivity index (χ0n) is 16.3. The van der Waals surface area contributed by atoms with Crippen LogP contribution in [-0.4, -0.2) is 49.8 Å². The molecule has 0 aliphatic carbocycles. The molecule has 0 radical (unpaired) electrons. The molecule has 146 valence electrons. The molecular weight excluding hydrogens is 348 g/mol. The second kappa shape index (κ2) is 8.47. The highest BCUT2D eigenvalue weighted by Gasteiger charge is 2.16. The number of hydrogen-bond donors (Lipinski definition) is 3. The largest absolute Gasteiger partial charge is 0.444 e. The Balaban J connectivity index is 0.00000126. The van der Waals surface area contributed by atoms with Gasteiger partial charge in [-0.1, -0.05) is 13.8 Å². The lowest BCUT2D eigenvalue weighted by Crippen LogP contribution is -2.35. The van der Waals surface area contributed by atoms with Crippen molar-refractivity contribution in [3.63, 3.8) is 0 Å². The first-order valence-corrected chi connectivity index (χ1v) is 8.81. The standard InChI is InChI=1S/C15H20N8O2.C2H6/c1-15(2,3)25-14(24)19-7-6-18-12-9-4-5-17-8-10(9)23-13(11(12)16)20-21-22-23;1-2/h4-5,8,18H,6-7,16H2,1-3H3,(H,19,24);1-2H3. The molecule has 0 bridgehead atoms. The van der Waals surface area contributed by atoms with Gasteiger partial charge in [-0.15, -0.1) is 5.10 Å². The van der Waals surface area contributed by atoms with Gasteiger partial charge in [-0.05, 0) is 37.3 Å². The number of rotatable bonds is 4. The SMILES string of the molecule is CC.CC(C)(C)OC(=O)NCCNc1c(N)c2nnnn2c2cnccc12. The molecule has 0 fully saturated rings. The maximum Gasteiger partial charge on any atom is 0.407 e. The normalized spacial score (nSPS) is 11.0. The van der Waals surface area contributed by atoms with E-state index in [1.54, 1.807) is 16.9 Å². The first-order valence-electron chi connectivity index (χ1n) is 8.81. The van der Waals surface area contributed by atoms with Crippen LogP contribution >= 0.6 is 0 Å². The molecule has 3 aromatic heterocycles. The van der Waals surface area contributed by atoms with Crippen LogP contribution in [0.4, 0.5) is 16.2 Å². The van der Waals surface area contributed by atoms with Crippen molar-refractivity contribution < 1.29 is 9.53 Å². The number of ether oxygens (including phenoxy) is 1. The summed E-state index contributed by atoms with van der Waals surface area (Å²) >= 11 is 0. The predicted octanol–water partition coefficient (Wildman–Crippen LogP) is 2.22. The van der Waals surface area contributed by atoms with E-state index in [0.29, 0.717) is 30.1 Å². The van der Waals surface area contributed by atoms with Crippen molar-refractivity contribution in [3.8, 4) is 0 Å². The van der Waals surface area contributed by atoms with Gasteiger partial charge in [0.05, 0.1) is 17.4 Å². The number of carbonyl (C=O) groups excluding carboxylic acids is 1. The monoisotopic (exact) mass is 374 g/mol. The minimum Gasteiger partial charge on any atom is -0.444 e. The Hall–Kier alpha value is -3.17. The maximum atomic E-state index is 11.7. The van der Waals surface area contributed by atoms with Crippen molar-refractivity contribution in [1.29, 1.82) is 0 Å². The van der Waals surface area contributed by atoms with Crippen molar-refractivity contribution in [2.45, 2.75) is 40.2 Å². The van der Waals surface area contributed by atoms with Gasteiger partial charge in [-0.25, -0.2) is 4.79 Å². The van der Waals surface area contributed by atoms with Crippen LogP contribution in [0.2, 0.25) is 0 Å². The number of carbonyl (C=O) groups is 1. The Morgan fingerprint density at radius 3 is 2.74 bits per heavy atom. The van der Waals surface area contributed by atoms with Gasteiger partial charge >= 0.3 is 6.09 Å². The molecule has 27 heavy (non-hydrogen) atoms. The second-order valence-corrected chi connectivity index (χ2v) is 6.45. The average Bonchev–Trinajstić information content (AvgIpc) is 3.11. The van der Waals surface area contributed by atoms with Crippen LogP contribution in [0.15, 0.2) is 18.5 Å². The van der Waals surface area contributed by atoms with Crippen LogP contribution < -0.4 is 16.4 Å². The lowest BCUT2D eigenvalue weighted by molar-refractivity contribution is 0.0530. The summed E-state index contributed by atoms with van der Waals surface area (Å²) in [6, 6.07) is 1.83. The summed E-state index contributed by atoms with van der Waals surface area (Å²) < 4.78 is 6.73. The third-order valence-corrected chi connectivity index (χ3v) is 3.37. The Labute approximate surface area is 157 Å². The molecule has 1 amide bonds. The number of pyridine rings is 2. The molecule has 0 unspecified atom stereocenters. The van der Waals surface area contributed by atoms with E-state index in [4.69, 9.17) is 10.5 Å². The maximum absolute atomic E-state index is 11.7. The van der Waals surface area contributed by atoms with Crippen LogP contribution in [-0.2, 0) is 4.74 Å². The molecule has 3 heterocycles. The zero-order chi connectivity index (χ0) is 20.0.